The summed E-state index contributed by atoms with van der Waals surface area (Å²) in [7, 11) is 1.60. The van der Waals surface area contributed by atoms with Crippen LogP contribution in [-0.2, 0) is 9.53 Å². The molecule has 4 aromatic rings. The molecule has 3 heterocycles. The molecule has 1 atom stereocenters. The van der Waals surface area contributed by atoms with Crippen molar-refractivity contribution in [3.8, 4) is 17.1 Å². The highest BCUT2D eigenvalue weighted by Gasteiger charge is 2.35. The van der Waals surface area contributed by atoms with Gasteiger partial charge in [0.2, 0.25) is 0 Å². The molecule has 0 spiro atoms. The summed E-state index contributed by atoms with van der Waals surface area (Å²) in [5.74, 6) is 1.23. The van der Waals surface area contributed by atoms with Gasteiger partial charge in [-0.2, -0.15) is 0 Å². The Balaban J connectivity index is 1.68. The molecular weight excluding hydrogens is 556 g/mol. The van der Waals surface area contributed by atoms with E-state index >= 15 is 0 Å². The maximum absolute atomic E-state index is 13.7. The first-order valence-electron chi connectivity index (χ1n) is 11.6. The Labute approximate surface area is 225 Å². The summed E-state index contributed by atoms with van der Waals surface area (Å²) in [5, 5.41) is 0. The van der Waals surface area contributed by atoms with E-state index in [0.29, 0.717) is 32.3 Å². The standard InChI is InChI=1S/C28H23BrN2O5S/c1-4-35-27(33)24-16(2)30-28-31(26(32)23(37-28)15-17-6-5-7-20(14-17)34-3)25(24)22-13-12-21(36-22)18-8-10-19(29)11-9-18/h5-15,25H,4H2,1-3H3/b23-15-/t25-/m1/s1. The van der Waals surface area contributed by atoms with Crippen molar-refractivity contribution in [1.29, 1.82) is 0 Å². The van der Waals surface area contributed by atoms with Gasteiger partial charge in [0, 0.05) is 10.0 Å². The lowest BCUT2D eigenvalue weighted by atomic mass is 10.0. The van der Waals surface area contributed by atoms with Crippen LogP contribution in [0.15, 0.2) is 90.6 Å². The third-order valence-corrected chi connectivity index (χ3v) is 7.45. The molecule has 188 valence electrons. The number of furan rings is 1. The number of methoxy groups -OCH3 is 1. The van der Waals surface area contributed by atoms with Gasteiger partial charge in [0.1, 0.15) is 23.3 Å². The molecule has 5 rings (SSSR count). The average molecular weight is 579 g/mol. The van der Waals surface area contributed by atoms with Crippen molar-refractivity contribution in [3.63, 3.8) is 0 Å². The van der Waals surface area contributed by atoms with E-state index in [1.807, 2.05) is 54.6 Å². The minimum Gasteiger partial charge on any atom is -0.497 e. The van der Waals surface area contributed by atoms with Crippen molar-refractivity contribution >= 4 is 39.3 Å². The number of rotatable bonds is 6. The van der Waals surface area contributed by atoms with Crippen LogP contribution in [0.4, 0.5) is 0 Å². The molecule has 2 aromatic heterocycles. The topological polar surface area (TPSA) is 83.0 Å². The lowest BCUT2D eigenvalue weighted by Gasteiger charge is -2.22. The van der Waals surface area contributed by atoms with E-state index in [0.717, 1.165) is 15.6 Å². The maximum Gasteiger partial charge on any atom is 0.338 e. The number of hydrogen-bond acceptors (Lipinski definition) is 7. The highest BCUT2D eigenvalue weighted by atomic mass is 79.9. The van der Waals surface area contributed by atoms with E-state index in [1.54, 1.807) is 33.1 Å². The van der Waals surface area contributed by atoms with Crippen LogP contribution in [0.2, 0.25) is 0 Å². The summed E-state index contributed by atoms with van der Waals surface area (Å²) >= 11 is 4.70. The minimum absolute atomic E-state index is 0.199. The Kier molecular flexibility index (Phi) is 6.99. The zero-order chi connectivity index (χ0) is 26.1. The van der Waals surface area contributed by atoms with Crippen LogP contribution >= 0.6 is 27.3 Å². The molecule has 0 fully saturated rings. The second-order valence-corrected chi connectivity index (χ2v) is 10.2. The molecule has 0 unspecified atom stereocenters. The van der Waals surface area contributed by atoms with E-state index in [-0.39, 0.29) is 17.7 Å². The van der Waals surface area contributed by atoms with Crippen molar-refractivity contribution < 1.29 is 18.7 Å². The van der Waals surface area contributed by atoms with Gasteiger partial charge in [0.15, 0.2) is 4.80 Å². The first kappa shape index (κ1) is 25.0. The van der Waals surface area contributed by atoms with Crippen LogP contribution in [0.25, 0.3) is 17.4 Å². The third-order valence-electron chi connectivity index (χ3n) is 5.93. The summed E-state index contributed by atoms with van der Waals surface area (Å²) < 4.78 is 19.9. The number of hydrogen-bond donors (Lipinski definition) is 0. The van der Waals surface area contributed by atoms with Gasteiger partial charge in [0.05, 0.1) is 29.5 Å². The molecule has 0 aliphatic carbocycles. The van der Waals surface area contributed by atoms with E-state index in [2.05, 4.69) is 20.9 Å². The number of allylic oxidation sites excluding steroid dienone is 1. The van der Waals surface area contributed by atoms with Gasteiger partial charge in [-0.1, -0.05) is 51.5 Å². The number of aromatic nitrogens is 1. The quantitative estimate of drug-likeness (QED) is 0.306. The monoisotopic (exact) mass is 578 g/mol. The summed E-state index contributed by atoms with van der Waals surface area (Å²) in [5.41, 5.74) is 2.18. The summed E-state index contributed by atoms with van der Waals surface area (Å²) in [6.07, 6.45) is 1.79. The number of thiazole rings is 1. The van der Waals surface area contributed by atoms with Crippen molar-refractivity contribution in [2.75, 3.05) is 13.7 Å². The predicted molar refractivity (Wildman–Crippen MR) is 145 cm³/mol. The van der Waals surface area contributed by atoms with Gasteiger partial charge in [-0.3, -0.25) is 9.36 Å². The first-order valence-corrected chi connectivity index (χ1v) is 13.2. The van der Waals surface area contributed by atoms with Crippen LogP contribution in [0.1, 0.15) is 31.2 Å². The van der Waals surface area contributed by atoms with Crippen LogP contribution in [-0.4, -0.2) is 24.3 Å². The Morgan fingerprint density at radius 3 is 2.70 bits per heavy atom. The van der Waals surface area contributed by atoms with Crippen LogP contribution in [0, 0.1) is 0 Å². The number of benzene rings is 2. The second-order valence-electron chi connectivity index (χ2n) is 8.29. The van der Waals surface area contributed by atoms with Gasteiger partial charge >= 0.3 is 5.97 Å². The molecule has 0 N–H and O–H groups in total. The Bertz CT molecular complexity index is 1700. The van der Waals surface area contributed by atoms with Crippen molar-refractivity contribution in [2.24, 2.45) is 4.99 Å². The first-order chi connectivity index (χ1) is 17.9. The lowest BCUT2D eigenvalue weighted by Crippen LogP contribution is -2.39. The zero-order valence-electron chi connectivity index (χ0n) is 20.4. The third kappa shape index (κ3) is 4.84. The van der Waals surface area contributed by atoms with Gasteiger partial charge in [-0.15, -0.1) is 0 Å². The number of carbonyl (C=O) groups is 1. The normalized spacial score (nSPS) is 15.4. The fraction of sp³-hybridized carbons (Fsp3) is 0.179. The molecule has 7 nitrogen and oxygen atoms in total. The Morgan fingerprint density at radius 1 is 1.19 bits per heavy atom. The lowest BCUT2D eigenvalue weighted by molar-refractivity contribution is -0.139. The predicted octanol–water partition coefficient (Wildman–Crippen LogP) is 4.83. The molecule has 9 heteroatoms. The summed E-state index contributed by atoms with van der Waals surface area (Å²) in [6.45, 7) is 3.69. The molecule has 0 radical (unpaired) electrons. The van der Waals surface area contributed by atoms with Crippen molar-refractivity contribution in [2.45, 2.75) is 19.9 Å². The van der Waals surface area contributed by atoms with E-state index in [4.69, 9.17) is 13.9 Å². The SMILES string of the molecule is CCOC(=O)C1=C(C)N=c2s/c(=C\c3cccc(OC)c3)c(=O)n2[C@@H]1c1ccc(-c2ccc(Br)cc2)o1. The molecule has 2 aromatic carbocycles. The Hall–Kier alpha value is -3.69. The number of fused-ring (bicyclic) bond motifs is 1. The number of ether oxygens (including phenoxy) is 2. The molecule has 0 saturated carbocycles. The van der Waals surface area contributed by atoms with E-state index in [1.165, 1.54) is 15.9 Å². The largest absolute Gasteiger partial charge is 0.497 e. The smallest absolute Gasteiger partial charge is 0.338 e. The van der Waals surface area contributed by atoms with Crippen LogP contribution < -0.4 is 19.6 Å². The van der Waals surface area contributed by atoms with E-state index < -0.39 is 12.0 Å². The molecule has 1 aliphatic heterocycles. The number of nitrogens with zero attached hydrogens (tertiary/aromatic N) is 2. The summed E-state index contributed by atoms with van der Waals surface area (Å²) in [4.78, 5) is 31.9. The van der Waals surface area contributed by atoms with E-state index in [9.17, 15) is 9.59 Å². The van der Waals surface area contributed by atoms with Gasteiger partial charge in [-0.05, 0) is 61.9 Å². The number of carbonyl (C=O) groups excluding carboxylic acids is 1. The minimum atomic E-state index is -0.813. The Morgan fingerprint density at radius 2 is 1.97 bits per heavy atom. The molecular formula is C28H23BrN2O5S. The van der Waals surface area contributed by atoms with Crippen LogP contribution in [0.5, 0.6) is 5.75 Å². The van der Waals surface area contributed by atoms with Crippen molar-refractivity contribution in [1.82, 2.24) is 4.57 Å². The van der Waals surface area contributed by atoms with Gasteiger partial charge in [-0.25, -0.2) is 9.79 Å². The maximum atomic E-state index is 13.7. The highest BCUT2D eigenvalue weighted by molar-refractivity contribution is 9.10. The fourth-order valence-corrected chi connectivity index (χ4v) is 5.52. The average Bonchev–Trinajstić information content (AvgIpc) is 3.49. The second kappa shape index (κ2) is 10.4. The molecule has 1 aliphatic rings. The molecule has 37 heavy (non-hydrogen) atoms. The molecule has 0 bridgehead atoms. The van der Waals surface area contributed by atoms with Crippen molar-refractivity contribution in [3.05, 3.63) is 107 Å². The number of halogens is 1. The fourth-order valence-electron chi connectivity index (χ4n) is 4.21. The van der Waals surface area contributed by atoms with Gasteiger partial charge < -0.3 is 13.9 Å². The summed E-state index contributed by atoms with van der Waals surface area (Å²) in [6, 6.07) is 18.0. The molecule has 0 amide bonds. The van der Waals surface area contributed by atoms with Gasteiger partial charge in [0.25, 0.3) is 5.56 Å². The van der Waals surface area contributed by atoms with Crippen LogP contribution in [0.3, 0.4) is 0 Å². The highest BCUT2D eigenvalue weighted by Crippen LogP contribution is 2.34. The zero-order valence-corrected chi connectivity index (χ0v) is 22.8. The number of esters is 1. The molecule has 0 saturated heterocycles.